The molecule has 0 atom stereocenters. The average molecular weight is 401 g/mol. The number of ether oxygens (including phenoxy) is 1. The van der Waals surface area contributed by atoms with Gasteiger partial charge >= 0.3 is 0 Å². The van der Waals surface area contributed by atoms with Gasteiger partial charge in [-0.2, -0.15) is 0 Å². The second-order valence-electron chi connectivity index (χ2n) is 6.85. The number of rotatable bonds is 9. The Morgan fingerprint density at radius 2 is 2.04 bits per heavy atom. The van der Waals surface area contributed by atoms with Crippen LogP contribution in [0.15, 0.2) is 42.1 Å². The van der Waals surface area contributed by atoms with E-state index < -0.39 is 0 Å². The first kappa shape index (κ1) is 20.5. The van der Waals surface area contributed by atoms with E-state index in [9.17, 15) is 4.79 Å². The Bertz CT molecular complexity index is 782. The van der Waals surface area contributed by atoms with Crippen molar-refractivity contribution in [3.8, 4) is 17.1 Å². The maximum Gasteiger partial charge on any atom is 0.230 e. The van der Waals surface area contributed by atoms with Gasteiger partial charge < -0.3 is 10.1 Å². The smallest absolute Gasteiger partial charge is 0.230 e. The number of carbonyl (C=O) groups excluding carboxylic acids is 1. The zero-order chi connectivity index (χ0) is 19.8. The van der Waals surface area contributed by atoms with Gasteiger partial charge in [0.1, 0.15) is 5.75 Å². The van der Waals surface area contributed by atoms with E-state index in [1.165, 1.54) is 31.0 Å². The Balaban J connectivity index is 1.66. The van der Waals surface area contributed by atoms with Gasteiger partial charge in [0.2, 0.25) is 5.91 Å². The molecule has 3 rings (SSSR count). The molecule has 7 heteroatoms. The summed E-state index contributed by atoms with van der Waals surface area (Å²) in [5.74, 6) is 2.00. The minimum atomic E-state index is 0.0627. The number of benzene rings is 1. The van der Waals surface area contributed by atoms with E-state index in [0.717, 1.165) is 35.1 Å². The molecule has 0 radical (unpaired) electrons. The molecule has 1 amide bonds. The number of thioether (sulfide) groups is 1. The van der Waals surface area contributed by atoms with E-state index in [1.807, 2.05) is 41.8 Å². The third-order valence-corrected chi connectivity index (χ3v) is 5.72. The summed E-state index contributed by atoms with van der Waals surface area (Å²) in [7, 11) is 0. The van der Waals surface area contributed by atoms with E-state index in [0.29, 0.717) is 24.9 Å². The van der Waals surface area contributed by atoms with Crippen molar-refractivity contribution >= 4 is 17.7 Å². The summed E-state index contributed by atoms with van der Waals surface area (Å²) in [5.41, 5.74) is 0.955. The monoisotopic (exact) mass is 400 g/mol. The lowest BCUT2D eigenvalue weighted by molar-refractivity contribution is -0.119. The molecule has 1 aliphatic carbocycles. The van der Waals surface area contributed by atoms with E-state index in [2.05, 4.69) is 22.1 Å². The van der Waals surface area contributed by atoms with Gasteiger partial charge in [-0.1, -0.05) is 37.1 Å². The number of nitrogens with zero attached hydrogens (tertiary/aromatic N) is 3. The predicted molar refractivity (Wildman–Crippen MR) is 113 cm³/mol. The molecule has 0 bridgehead atoms. The van der Waals surface area contributed by atoms with E-state index in [-0.39, 0.29) is 5.91 Å². The Morgan fingerprint density at radius 1 is 1.29 bits per heavy atom. The molecule has 1 heterocycles. The van der Waals surface area contributed by atoms with Gasteiger partial charge in [-0.3, -0.25) is 9.36 Å². The van der Waals surface area contributed by atoms with Crippen LogP contribution in [0.2, 0.25) is 0 Å². The number of allylic oxidation sites excluding steroid dienone is 1. The van der Waals surface area contributed by atoms with Gasteiger partial charge in [0.25, 0.3) is 0 Å². The van der Waals surface area contributed by atoms with Crippen LogP contribution in [0.4, 0.5) is 0 Å². The van der Waals surface area contributed by atoms with Crippen molar-refractivity contribution in [1.29, 1.82) is 0 Å². The quantitative estimate of drug-likeness (QED) is 0.508. The molecule has 6 nitrogen and oxygen atoms in total. The highest BCUT2D eigenvalue weighted by Crippen LogP contribution is 2.26. The molecule has 0 saturated heterocycles. The summed E-state index contributed by atoms with van der Waals surface area (Å²) >= 11 is 1.42. The minimum absolute atomic E-state index is 0.0627. The molecule has 1 aromatic carbocycles. The maximum atomic E-state index is 12.3. The van der Waals surface area contributed by atoms with Crippen molar-refractivity contribution in [3.63, 3.8) is 0 Å². The largest absolute Gasteiger partial charge is 0.494 e. The van der Waals surface area contributed by atoms with Crippen LogP contribution >= 0.6 is 11.8 Å². The summed E-state index contributed by atoms with van der Waals surface area (Å²) in [6.45, 7) is 7.02. The van der Waals surface area contributed by atoms with Gasteiger partial charge in [0.15, 0.2) is 11.0 Å². The van der Waals surface area contributed by atoms with Gasteiger partial charge in [-0.25, -0.2) is 0 Å². The lowest BCUT2D eigenvalue weighted by Gasteiger charge is -2.22. The first-order valence-electron chi connectivity index (χ1n) is 9.90. The predicted octanol–water partition coefficient (Wildman–Crippen LogP) is 4.07. The molecule has 1 aliphatic rings. The molecule has 2 aromatic rings. The molecule has 1 fully saturated rings. The summed E-state index contributed by atoms with van der Waals surface area (Å²) < 4.78 is 7.49. The standard InChI is InChI=1S/C21H28N4O2S/c1-3-14-25-20(16-10-12-18(13-11-16)27-4-2)23-24-21(25)28-15-19(26)22-17-8-6-5-7-9-17/h3,10-13,17H,1,4-9,14-15H2,2H3,(H,22,26). The van der Waals surface area contributed by atoms with Crippen LogP contribution in [0.1, 0.15) is 39.0 Å². The van der Waals surface area contributed by atoms with Crippen LogP contribution in [0, 0.1) is 0 Å². The number of hydrogen-bond donors (Lipinski definition) is 1. The van der Waals surface area contributed by atoms with Crippen LogP contribution < -0.4 is 10.1 Å². The lowest BCUT2D eigenvalue weighted by atomic mass is 9.95. The van der Waals surface area contributed by atoms with E-state index >= 15 is 0 Å². The Morgan fingerprint density at radius 3 is 2.71 bits per heavy atom. The van der Waals surface area contributed by atoms with Crippen LogP contribution in [-0.2, 0) is 11.3 Å². The molecule has 1 aromatic heterocycles. The van der Waals surface area contributed by atoms with Crippen molar-refractivity contribution in [2.24, 2.45) is 0 Å². The lowest BCUT2D eigenvalue weighted by Crippen LogP contribution is -2.37. The molecule has 28 heavy (non-hydrogen) atoms. The summed E-state index contributed by atoms with van der Waals surface area (Å²) in [6, 6.07) is 8.12. The topological polar surface area (TPSA) is 69.0 Å². The zero-order valence-electron chi connectivity index (χ0n) is 16.4. The second kappa shape index (κ2) is 10.3. The van der Waals surface area contributed by atoms with Gasteiger partial charge in [-0.05, 0) is 44.0 Å². The zero-order valence-corrected chi connectivity index (χ0v) is 17.2. The first-order valence-corrected chi connectivity index (χ1v) is 10.9. The fourth-order valence-corrected chi connectivity index (χ4v) is 4.17. The molecular weight excluding hydrogens is 372 g/mol. The molecule has 150 valence electrons. The van der Waals surface area contributed by atoms with Crippen LogP contribution in [-0.4, -0.2) is 39.1 Å². The summed E-state index contributed by atoms with van der Waals surface area (Å²) in [4.78, 5) is 12.3. The third kappa shape index (κ3) is 5.38. The van der Waals surface area contributed by atoms with Gasteiger partial charge in [0.05, 0.1) is 12.4 Å². The van der Waals surface area contributed by atoms with E-state index in [1.54, 1.807) is 0 Å². The molecule has 1 N–H and O–H groups in total. The molecule has 0 spiro atoms. The van der Waals surface area contributed by atoms with Gasteiger partial charge in [0, 0.05) is 18.2 Å². The van der Waals surface area contributed by atoms with Crippen LogP contribution in [0.3, 0.4) is 0 Å². The summed E-state index contributed by atoms with van der Waals surface area (Å²) in [6.07, 6.45) is 7.68. The second-order valence-corrected chi connectivity index (χ2v) is 7.80. The maximum absolute atomic E-state index is 12.3. The Hall–Kier alpha value is -2.28. The highest BCUT2D eigenvalue weighted by atomic mass is 32.2. The third-order valence-electron chi connectivity index (χ3n) is 4.75. The SMILES string of the molecule is C=CCn1c(SCC(=O)NC2CCCCC2)nnc1-c1ccc(OCC)cc1. The molecule has 1 saturated carbocycles. The van der Waals surface area contributed by atoms with Crippen molar-refractivity contribution in [1.82, 2.24) is 20.1 Å². The van der Waals surface area contributed by atoms with Crippen molar-refractivity contribution in [3.05, 3.63) is 36.9 Å². The first-order chi connectivity index (χ1) is 13.7. The molecular formula is C21H28N4O2S. The van der Waals surface area contributed by atoms with E-state index in [4.69, 9.17) is 4.74 Å². The van der Waals surface area contributed by atoms with Crippen LogP contribution in [0.5, 0.6) is 5.75 Å². The Kier molecular flexibility index (Phi) is 7.54. The highest BCUT2D eigenvalue weighted by Gasteiger charge is 2.18. The average Bonchev–Trinajstić information content (AvgIpc) is 3.11. The minimum Gasteiger partial charge on any atom is -0.494 e. The van der Waals surface area contributed by atoms with Crippen molar-refractivity contribution in [2.75, 3.05) is 12.4 Å². The fraction of sp³-hybridized carbons (Fsp3) is 0.476. The number of carbonyl (C=O) groups is 1. The number of aromatic nitrogens is 3. The van der Waals surface area contributed by atoms with Crippen molar-refractivity contribution < 1.29 is 9.53 Å². The fourth-order valence-electron chi connectivity index (χ4n) is 3.42. The Labute approximate surface area is 170 Å². The van der Waals surface area contributed by atoms with Crippen molar-refractivity contribution in [2.45, 2.75) is 56.8 Å². The van der Waals surface area contributed by atoms with Gasteiger partial charge in [-0.15, -0.1) is 16.8 Å². The molecule has 0 aliphatic heterocycles. The number of amides is 1. The normalized spacial score (nSPS) is 14.6. The number of nitrogens with one attached hydrogen (secondary N) is 1. The number of hydrogen-bond acceptors (Lipinski definition) is 5. The summed E-state index contributed by atoms with van der Waals surface area (Å²) in [5, 5.41) is 12.5. The molecule has 0 unspecified atom stereocenters. The van der Waals surface area contributed by atoms with Crippen LogP contribution in [0.25, 0.3) is 11.4 Å². The highest BCUT2D eigenvalue weighted by molar-refractivity contribution is 7.99.